The first-order valence-electron chi connectivity index (χ1n) is 12.3. The summed E-state index contributed by atoms with van der Waals surface area (Å²) in [5.41, 5.74) is 2.71. The Morgan fingerprint density at radius 1 is 1.03 bits per heavy atom. The molecule has 6 nitrogen and oxygen atoms in total. The number of carbonyl (C=O) groups is 1. The van der Waals surface area contributed by atoms with Gasteiger partial charge in [-0.2, -0.15) is 0 Å². The standard InChI is InChI=1S/C27H35N3O3S/c1-20-17-23(34(3,32)33)11-12-24(20)29-19-26(30(25(29)31)18-21-9-10-21)13-15-27(28-2,16-14-26)22-7-5-4-6-8-22/h4-8,11-12,17,21,28H,9-10,13-16,18-19H2,1-3H3. The number of amides is 2. The van der Waals surface area contributed by atoms with Crippen LogP contribution in [0.25, 0.3) is 0 Å². The van der Waals surface area contributed by atoms with Gasteiger partial charge in [-0.05, 0) is 87.7 Å². The van der Waals surface area contributed by atoms with Crippen LogP contribution >= 0.6 is 0 Å². The van der Waals surface area contributed by atoms with Gasteiger partial charge in [0.25, 0.3) is 0 Å². The van der Waals surface area contributed by atoms with Crippen molar-refractivity contribution in [1.29, 1.82) is 0 Å². The first-order valence-corrected chi connectivity index (χ1v) is 14.2. The van der Waals surface area contributed by atoms with Gasteiger partial charge in [0, 0.05) is 24.0 Å². The fourth-order valence-corrected chi connectivity index (χ4v) is 6.69. The lowest BCUT2D eigenvalue weighted by atomic mass is 9.69. The van der Waals surface area contributed by atoms with Crippen molar-refractivity contribution in [2.24, 2.45) is 5.92 Å². The van der Waals surface area contributed by atoms with Gasteiger partial charge in [-0.1, -0.05) is 30.3 Å². The van der Waals surface area contributed by atoms with Crippen LogP contribution in [0.1, 0.15) is 49.7 Å². The summed E-state index contributed by atoms with van der Waals surface area (Å²) < 4.78 is 24.0. The topological polar surface area (TPSA) is 69.7 Å². The van der Waals surface area contributed by atoms with E-state index in [9.17, 15) is 13.2 Å². The van der Waals surface area contributed by atoms with Crippen LogP contribution in [-0.4, -0.2) is 51.3 Å². The normalized spacial score (nSPS) is 27.6. The van der Waals surface area contributed by atoms with Crippen LogP contribution in [0.5, 0.6) is 0 Å². The maximum absolute atomic E-state index is 13.8. The van der Waals surface area contributed by atoms with Crippen LogP contribution in [0.2, 0.25) is 0 Å². The van der Waals surface area contributed by atoms with E-state index in [2.05, 4.69) is 40.5 Å². The molecular formula is C27H35N3O3S. The van der Waals surface area contributed by atoms with E-state index in [1.807, 2.05) is 24.9 Å². The Hall–Kier alpha value is -2.38. The quantitative estimate of drug-likeness (QED) is 0.661. The molecule has 1 N–H and O–H groups in total. The first-order chi connectivity index (χ1) is 16.2. The molecule has 2 aliphatic carbocycles. The molecule has 1 saturated heterocycles. The molecule has 3 aliphatic rings. The minimum atomic E-state index is -3.29. The van der Waals surface area contributed by atoms with Crippen LogP contribution in [0, 0.1) is 12.8 Å². The molecular weight excluding hydrogens is 446 g/mol. The second-order valence-electron chi connectivity index (χ2n) is 10.6. The molecule has 0 radical (unpaired) electrons. The molecule has 1 spiro atoms. The number of sulfone groups is 1. The lowest BCUT2D eigenvalue weighted by molar-refractivity contribution is 0.0762. The van der Waals surface area contributed by atoms with Gasteiger partial charge in [0.2, 0.25) is 0 Å². The lowest BCUT2D eigenvalue weighted by Crippen LogP contribution is -2.55. The van der Waals surface area contributed by atoms with Crippen LogP contribution in [0.15, 0.2) is 53.4 Å². The zero-order valence-electron chi connectivity index (χ0n) is 20.4. The van der Waals surface area contributed by atoms with Crippen LogP contribution < -0.4 is 10.2 Å². The van der Waals surface area contributed by atoms with Crippen molar-refractivity contribution < 1.29 is 13.2 Å². The minimum absolute atomic E-state index is 0.0682. The second kappa shape index (κ2) is 8.38. The molecule has 34 heavy (non-hydrogen) atoms. The van der Waals surface area contributed by atoms with E-state index in [1.165, 1.54) is 24.7 Å². The summed E-state index contributed by atoms with van der Waals surface area (Å²) >= 11 is 0. The summed E-state index contributed by atoms with van der Waals surface area (Å²) in [7, 11) is -1.24. The Morgan fingerprint density at radius 3 is 2.26 bits per heavy atom. The molecule has 5 rings (SSSR count). The van der Waals surface area contributed by atoms with E-state index >= 15 is 0 Å². The number of anilines is 1. The number of carbonyl (C=O) groups excluding carboxylic acids is 1. The fourth-order valence-electron chi connectivity index (χ4n) is 5.99. The molecule has 0 unspecified atom stereocenters. The van der Waals surface area contributed by atoms with Gasteiger partial charge in [0.1, 0.15) is 0 Å². The van der Waals surface area contributed by atoms with Crippen molar-refractivity contribution in [3.8, 4) is 0 Å². The van der Waals surface area contributed by atoms with Crippen LogP contribution in [0.4, 0.5) is 10.5 Å². The highest BCUT2D eigenvalue weighted by Gasteiger charge is 2.55. The number of aryl methyl sites for hydroxylation is 1. The van der Waals surface area contributed by atoms with Crippen LogP contribution in [0.3, 0.4) is 0 Å². The van der Waals surface area contributed by atoms with E-state index in [4.69, 9.17) is 0 Å². The van der Waals surface area contributed by atoms with Gasteiger partial charge in [-0.15, -0.1) is 0 Å². The largest absolute Gasteiger partial charge is 0.325 e. The molecule has 1 heterocycles. The molecule has 182 valence electrons. The third-order valence-electron chi connectivity index (χ3n) is 8.35. The summed E-state index contributed by atoms with van der Waals surface area (Å²) in [5, 5.41) is 3.62. The average molecular weight is 482 g/mol. The van der Waals surface area contributed by atoms with E-state index in [-0.39, 0.29) is 17.1 Å². The summed E-state index contributed by atoms with van der Waals surface area (Å²) in [6.07, 6.45) is 7.45. The Labute approximate surface area is 203 Å². The first kappa shape index (κ1) is 23.4. The molecule has 2 amide bonds. The maximum atomic E-state index is 13.8. The molecule has 0 aromatic heterocycles. The molecule has 7 heteroatoms. The van der Waals surface area contributed by atoms with Crippen molar-refractivity contribution in [2.75, 3.05) is 31.3 Å². The molecule has 2 saturated carbocycles. The molecule has 3 fully saturated rings. The maximum Gasteiger partial charge on any atom is 0.325 e. The van der Waals surface area contributed by atoms with Gasteiger partial charge in [0.05, 0.1) is 17.0 Å². The van der Waals surface area contributed by atoms with Crippen molar-refractivity contribution in [1.82, 2.24) is 10.2 Å². The second-order valence-corrected chi connectivity index (χ2v) is 12.6. The lowest BCUT2D eigenvalue weighted by Gasteiger charge is -2.48. The molecule has 0 bridgehead atoms. The van der Waals surface area contributed by atoms with Crippen molar-refractivity contribution >= 4 is 21.6 Å². The van der Waals surface area contributed by atoms with Crippen molar-refractivity contribution in [2.45, 2.75) is 61.4 Å². The molecule has 2 aromatic carbocycles. The fraction of sp³-hybridized carbons (Fsp3) is 0.519. The zero-order chi connectivity index (χ0) is 24.1. The predicted molar refractivity (Wildman–Crippen MR) is 135 cm³/mol. The number of nitrogens with one attached hydrogen (secondary N) is 1. The SMILES string of the molecule is CNC1(c2ccccc2)CCC2(CC1)CN(c1ccc(S(C)(=O)=O)cc1C)C(=O)N2CC1CC1. The van der Waals surface area contributed by atoms with Gasteiger partial charge in [-0.25, -0.2) is 13.2 Å². The van der Waals surface area contributed by atoms with Crippen molar-refractivity contribution in [3.05, 3.63) is 59.7 Å². The number of nitrogens with zero attached hydrogens (tertiary/aromatic N) is 2. The molecule has 2 aromatic rings. The molecule has 0 atom stereocenters. The predicted octanol–water partition coefficient (Wildman–Crippen LogP) is 4.48. The zero-order valence-corrected chi connectivity index (χ0v) is 21.2. The Balaban J connectivity index is 1.45. The number of urea groups is 1. The molecule has 1 aliphatic heterocycles. The Morgan fingerprint density at radius 2 is 1.71 bits per heavy atom. The van der Waals surface area contributed by atoms with Gasteiger partial charge >= 0.3 is 6.03 Å². The van der Waals surface area contributed by atoms with E-state index in [1.54, 1.807) is 12.1 Å². The third kappa shape index (κ3) is 4.03. The van der Waals surface area contributed by atoms with Gasteiger partial charge in [-0.3, -0.25) is 4.90 Å². The highest BCUT2D eigenvalue weighted by Crippen LogP contribution is 2.49. The van der Waals surface area contributed by atoms with E-state index in [0.717, 1.165) is 43.5 Å². The Kier molecular flexibility index (Phi) is 5.76. The third-order valence-corrected chi connectivity index (χ3v) is 9.46. The number of rotatable bonds is 6. The van der Waals surface area contributed by atoms with Gasteiger partial charge in [0.15, 0.2) is 9.84 Å². The highest BCUT2D eigenvalue weighted by atomic mass is 32.2. The summed E-state index contributed by atoms with van der Waals surface area (Å²) in [6.45, 7) is 3.38. The number of hydrogen-bond donors (Lipinski definition) is 1. The summed E-state index contributed by atoms with van der Waals surface area (Å²) in [6, 6.07) is 15.9. The van der Waals surface area contributed by atoms with E-state index in [0.29, 0.717) is 17.4 Å². The highest BCUT2D eigenvalue weighted by molar-refractivity contribution is 7.90. The average Bonchev–Trinajstić information content (AvgIpc) is 3.61. The summed E-state index contributed by atoms with van der Waals surface area (Å²) in [5.74, 6) is 0.611. The smallest absolute Gasteiger partial charge is 0.317 e. The van der Waals surface area contributed by atoms with E-state index < -0.39 is 9.84 Å². The van der Waals surface area contributed by atoms with Crippen LogP contribution in [-0.2, 0) is 15.4 Å². The number of benzene rings is 2. The number of hydrogen-bond acceptors (Lipinski definition) is 4. The minimum Gasteiger partial charge on any atom is -0.317 e. The van der Waals surface area contributed by atoms with Crippen molar-refractivity contribution in [3.63, 3.8) is 0 Å². The monoisotopic (exact) mass is 481 g/mol. The Bertz CT molecular complexity index is 1180. The van der Waals surface area contributed by atoms with Gasteiger partial charge < -0.3 is 10.2 Å². The summed E-state index contributed by atoms with van der Waals surface area (Å²) in [4.78, 5) is 18.2.